The van der Waals surface area contributed by atoms with E-state index in [1.165, 1.54) is 54.7 Å². The Kier molecular flexibility index (Phi) is 5.87. The maximum atomic E-state index is 5.14. The zero-order chi connectivity index (χ0) is 31.6. The number of hydrogen-bond acceptors (Lipinski definition) is 1. The highest BCUT2D eigenvalue weighted by Gasteiger charge is 2.15. The second-order valence-corrected chi connectivity index (χ2v) is 12.4. The topological polar surface area (TPSA) is 22.8 Å². The van der Waals surface area contributed by atoms with E-state index >= 15 is 0 Å². The van der Waals surface area contributed by atoms with E-state index in [0.29, 0.717) is 0 Å². The summed E-state index contributed by atoms with van der Waals surface area (Å²) < 4.78 is 4.72. The number of aromatic nitrogens is 3. The highest BCUT2D eigenvalue weighted by Crippen LogP contribution is 2.36. The predicted octanol–water partition coefficient (Wildman–Crippen LogP) is 11.8. The van der Waals surface area contributed by atoms with Crippen LogP contribution in [-0.4, -0.2) is 14.1 Å². The first kappa shape index (κ1) is 26.7. The Bertz CT molecular complexity index is 2710. The highest BCUT2D eigenvalue weighted by atomic mass is 15.0. The number of benzene rings is 7. The smallest absolute Gasteiger partial charge is 0.0715 e. The van der Waals surface area contributed by atoms with Crippen LogP contribution in [-0.2, 0) is 0 Å². The lowest BCUT2D eigenvalue weighted by Gasteiger charge is -2.13. The maximum Gasteiger partial charge on any atom is 0.0715 e. The lowest BCUT2D eigenvalue weighted by Crippen LogP contribution is -1.95. The van der Waals surface area contributed by atoms with E-state index in [4.69, 9.17) is 4.98 Å². The molecule has 3 heterocycles. The van der Waals surface area contributed by atoms with Gasteiger partial charge in [0.2, 0.25) is 0 Å². The van der Waals surface area contributed by atoms with Crippen molar-refractivity contribution in [2.75, 3.05) is 0 Å². The molecule has 0 aliphatic carbocycles. The fraction of sp³-hybridized carbons (Fsp3) is 0. The molecule has 0 atom stereocenters. The Morgan fingerprint density at radius 1 is 0.333 bits per heavy atom. The van der Waals surface area contributed by atoms with E-state index in [1.54, 1.807) is 0 Å². The van der Waals surface area contributed by atoms with Crippen LogP contribution in [0.15, 0.2) is 176 Å². The van der Waals surface area contributed by atoms with E-state index in [0.717, 1.165) is 33.5 Å². The van der Waals surface area contributed by atoms with Crippen LogP contribution in [0.25, 0.3) is 88.3 Å². The molecule has 0 fully saturated rings. The van der Waals surface area contributed by atoms with Crippen molar-refractivity contribution in [3.05, 3.63) is 176 Å². The number of para-hydroxylation sites is 5. The first-order valence-corrected chi connectivity index (χ1v) is 16.4. The average molecular weight is 612 g/mol. The molecule has 224 valence electrons. The van der Waals surface area contributed by atoms with Crippen molar-refractivity contribution >= 4 is 54.5 Å². The van der Waals surface area contributed by atoms with Crippen LogP contribution in [0, 0.1) is 0 Å². The summed E-state index contributed by atoms with van der Waals surface area (Å²) in [7, 11) is 0. The van der Waals surface area contributed by atoms with Gasteiger partial charge in [-0.1, -0.05) is 115 Å². The number of rotatable bonds is 4. The molecule has 7 aromatic carbocycles. The van der Waals surface area contributed by atoms with Gasteiger partial charge in [0.15, 0.2) is 0 Å². The number of fused-ring (bicyclic) bond motifs is 7. The van der Waals surface area contributed by atoms with Gasteiger partial charge in [-0.25, -0.2) is 4.98 Å². The van der Waals surface area contributed by atoms with Crippen LogP contribution in [0.4, 0.5) is 0 Å². The van der Waals surface area contributed by atoms with Crippen LogP contribution in [0.1, 0.15) is 0 Å². The van der Waals surface area contributed by atoms with Crippen molar-refractivity contribution < 1.29 is 0 Å². The lowest BCUT2D eigenvalue weighted by molar-refractivity contribution is 1.18. The molecular formula is C45H29N3. The SMILES string of the molecule is c1ccc2c(-c3ccc(-n4c5ccccc5c5ccccc54)cc3)cc(-c3ccc(-n4c5ccccc5c5ccccc54)cc3)nc2c1. The van der Waals surface area contributed by atoms with Gasteiger partial charge in [-0.15, -0.1) is 0 Å². The first-order valence-electron chi connectivity index (χ1n) is 16.4. The summed E-state index contributed by atoms with van der Waals surface area (Å²) in [4.78, 5) is 5.14. The standard InChI is InChI=1S/C45H29N3/c1-6-16-40-34(11-1)39(30-21-25-32(26-22-30)47-42-17-7-2-12-35(42)36-13-3-8-18-43(36)47)29-41(46-40)31-23-27-33(28-24-31)48-44-19-9-4-14-37(44)38-15-5-10-20-45(38)48/h1-29H. The molecule has 0 unspecified atom stereocenters. The maximum absolute atomic E-state index is 5.14. The molecular weight excluding hydrogens is 583 g/mol. The molecule has 0 aliphatic rings. The normalized spacial score (nSPS) is 11.8. The summed E-state index contributed by atoms with van der Waals surface area (Å²) in [6, 6.07) is 63.1. The monoisotopic (exact) mass is 611 g/mol. The fourth-order valence-electron chi connectivity index (χ4n) is 7.53. The van der Waals surface area contributed by atoms with Crippen LogP contribution in [0.3, 0.4) is 0 Å². The summed E-state index contributed by atoms with van der Waals surface area (Å²) >= 11 is 0. The van der Waals surface area contributed by atoms with Crippen molar-refractivity contribution in [1.82, 2.24) is 14.1 Å². The minimum atomic E-state index is 0.962. The van der Waals surface area contributed by atoms with E-state index in [2.05, 4.69) is 185 Å². The van der Waals surface area contributed by atoms with E-state index < -0.39 is 0 Å². The number of hydrogen-bond donors (Lipinski definition) is 0. The third-order valence-electron chi connectivity index (χ3n) is 9.73. The number of nitrogens with zero attached hydrogens (tertiary/aromatic N) is 3. The van der Waals surface area contributed by atoms with Gasteiger partial charge in [-0.05, 0) is 71.8 Å². The second-order valence-electron chi connectivity index (χ2n) is 12.4. The molecule has 0 saturated heterocycles. The van der Waals surface area contributed by atoms with Crippen molar-refractivity contribution in [3.63, 3.8) is 0 Å². The largest absolute Gasteiger partial charge is 0.309 e. The van der Waals surface area contributed by atoms with E-state index in [1.807, 2.05) is 0 Å². The fourth-order valence-corrected chi connectivity index (χ4v) is 7.53. The summed E-state index contributed by atoms with van der Waals surface area (Å²) in [6.45, 7) is 0. The molecule has 0 spiro atoms. The molecule has 0 amide bonds. The van der Waals surface area contributed by atoms with Gasteiger partial charge in [0.05, 0.1) is 33.3 Å². The highest BCUT2D eigenvalue weighted by molar-refractivity contribution is 6.10. The van der Waals surface area contributed by atoms with Crippen LogP contribution in [0.5, 0.6) is 0 Å². The zero-order valence-electron chi connectivity index (χ0n) is 26.1. The Balaban J connectivity index is 1.07. The van der Waals surface area contributed by atoms with Gasteiger partial charge < -0.3 is 9.13 Å². The van der Waals surface area contributed by atoms with Gasteiger partial charge in [-0.3, -0.25) is 0 Å². The van der Waals surface area contributed by atoms with E-state index in [9.17, 15) is 0 Å². The molecule has 0 bridgehead atoms. The Labute approximate surface area is 277 Å². The molecule has 0 radical (unpaired) electrons. The molecule has 48 heavy (non-hydrogen) atoms. The van der Waals surface area contributed by atoms with Gasteiger partial charge in [-0.2, -0.15) is 0 Å². The lowest BCUT2D eigenvalue weighted by atomic mass is 9.98. The zero-order valence-corrected chi connectivity index (χ0v) is 26.1. The van der Waals surface area contributed by atoms with Crippen molar-refractivity contribution in [1.29, 1.82) is 0 Å². The molecule has 0 aliphatic heterocycles. The Morgan fingerprint density at radius 3 is 1.17 bits per heavy atom. The van der Waals surface area contributed by atoms with Crippen LogP contribution >= 0.6 is 0 Å². The Morgan fingerprint density at radius 2 is 0.708 bits per heavy atom. The predicted molar refractivity (Wildman–Crippen MR) is 201 cm³/mol. The number of pyridine rings is 1. The van der Waals surface area contributed by atoms with Crippen molar-refractivity contribution in [2.24, 2.45) is 0 Å². The van der Waals surface area contributed by atoms with Crippen molar-refractivity contribution in [2.45, 2.75) is 0 Å². The van der Waals surface area contributed by atoms with Gasteiger partial charge in [0, 0.05) is 43.9 Å². The molecule has 3 aromatic heterocycles. The van der Waals surface area contributed by atoms with Gasteiger partial charge in [0.25, 0.3) is 0 Å². The summed E-state index contributed by atoms with van der Waals surface area (Å²) in [5, 5.41) is 6.22. The van der Waals surface area contributed by atoms with E-state index in [-0.39, 0.29) is 0 Å². The molecule has 10 aromatic rings. The summed E-state index contributed by atoms with van der Waals surface area (Å²) in [6.07, 6.45) is 0. The van der Waals surface area contributed by atoms with Crippen LogP contribution < -0.4 is 0 Å². The van der Waals surface area contributed by atoms with Gasteiger partial charge >= 0.3 is 0 Å². The quantitative estimate of drug-likeness (QED) is 0.194. The molecule has 3 nitrogen and oxygen atoms in total. The summed E-state index contributed by atoms with van der Waals surface area (Å²) in [5.41, 5.74) is 12.5. The van der Waals surface area contributed by atoms with Crippen molar-refractivity contribution in [3.8, 4) is 33.8 Å². The molecule has 0 N–H and O–H groups in total. The summed E-state index contributed by atoms with van der Waals surface area (Å²) in [5.74, 6) is 0. The first-order chi connectivity index (χ1) is 23.8. The molecule has 0 saturated carbocycles. The minimum Gasteiger partial charge on any atom is -0.309 e. The second kappa shape index (κ2) is 10.5. The molecule has 10 rings (SSSR count). The van der Waals surface area contributed by atoms with Crippen LogP contribution in [0.2, 0.25) is 0 Å². The third kappa shape index (κ3) is 4.04. The average Bonchev–Trinajstić information content (AvgIpc) is 3.68. The Hall–Kier alpha value is -6.45. The third-order valence-corrected chi connectivity index (χ3v) is 9.73. The minimum absolute atomic E-state index is 0.962. The van der Waals surface area contributed by atoms with Gasteiger partial charge in [0.1, 0.15) is 0 Å². The molecule has 3 heteroatoms.